The van der Waals surface area contributed by atoms with Gasteiger partial charge in [-0.25, -0.2) is 9.59 Å². The van der Waals surface area contributed by atoms with E-state index in [4.69, 9.17) is 18.9 Å². The third-order valence-corrected chi connectivity index (χ3v) is 16.1. The van der Waals surface area contributed by atoms with Crippen LogP contribution in [0.2, 0.25) is 0 Å². The Balaban J connectivity index is 1.28. The van der Waals surface area contributed by atoms with E-state index in [-0.39, 0.29) is 47.8 Å². The molecule has 1 saturated heterocycles. The van der Waals surface area contributed by atoms with Crippen molar-refractivity contribution in [1.29, 1.82) is 0 Å². The molecule has 1 aliphatic heterocycles. The molecule has 6 rings (SSSR count). The summed E-state index contributed by atoms with van der Waals surface area (Å²) in [6.07, 6.45) is 7.59. The molecule has 9 atom stereocenters. The Kier molecular flexibility index (Phi) is 19.9. The molecule has 0 unspecified atom stereocenters. The van der Waals surface area contributed by atoms with Crippen LogP contribution < -0.4 is 10.6 Å². The molecule has 5 fully saturated rings. The van der Waals surface area contributed by atoms with Crippen LogP contribution in [0, 0.1) is 46.8 Å². The molecule has 0 spiro atoms. The molecule has 15 heteroatoms. The molecule has 1 aromatic carbocycles. The molecule has 5 aliphatic rings. The van der Waals surface area contributed by atoms with Gasteiger partial charge in [-0.15, -0.1) is 0 Å². The quantitative estimate of drug-likeness (QED) is 0.105. The minimum Gasteiger partial charge on any atom is -0.464 e. The standard InChI is InChI=1S/C55H89N5O10/c1-15-35(6)47(58(11)45(33(2)3)50(63)57-51(64)46(34(4)5)59(12)53(66)70-54(8,9)10)43(67-13)28-44(61)60-23-19-22-42(60)48(68-14)36(7)49(62)56-41(27-37-20-17-16-18-21-37)52(65)69-32-55-29-38-24-39(30-55)26-40(25-38)31-55/h16-18,20-21,33-36,38-43,45-48H,15,19,22-32H2,1-14H3,(H,56,62)(H,57,63,64)/t35-,36+,38?,39?,40?,41-,42-,43+,45-,46-,47-,48+,55?/m0/s1. The molecule has 15 nitrogen and oxygen atoms in total. The van der Waals surface area contributed by atoms with Gasteiger partial charge in [0.15, 0.2) is 0 Å². The highest BCUT2D eigenvalue weighted by Gasteiger charge is 2.52. The zero-order chi connectivity index (χ0) is 51.8. The van der Waals surface area contributed by atoms with Gasteiger partial charge in [-0.1, -0.05) is 85.2 Å². The Morgan fingerprint density at radius 3 is 1.90 bits per heavy atom. The lowest BCUT2D eigenvalue weighted by Gasteiger charge is -2.56. The topological polar surface area (TPSA) is 173 Å². The molecule has 4 saturated carbocycles. The van der Waals surface area contributed by atoms with Gasteiger partial charge in [0, 0.05) is 45.7 Å². The predicted molar refractivity (Wildman–Crippen MR) is 269 cm³/mol. The molecule has 4 bridgehead atoms. The number of nitrogens with zero attached hydrogens (tertiary/aromatic N) is 3. The molecule has 1 aromatic rings. The highest BCUT2D eigenvalue weighted by Crippen LogP contribution is 2.60. The summed E-state index contributed by atoms with van der Waals surface area (Å²) in [5.41, 5.74) is 0.174. The zero-order valence-corrected chi connectivity index (χ0v) is 45.1. The number of esters is 1. The normalized spacial score (nSPS) is 25.4. The van der Waals surface area contributed by atoms with E-state index in [0.29, 0.717) is 26.0 Å². The number of amides is 5. The molecule has 4 aliphatic carbocycles. The number of carbonyl (C=O) groups excluding carboxylic acids is 6. The van der Waals surface area contributed by atoms with Crippen LogP contribution in [-0.2, 0) is 49.3 Å². The van der Waals surface area contributed by atoms with E-state index in [1.54, 1.807) is 60.7 Å². The molecule has 0 radical (unpaired) electrons. The summed E-state index contributed by atoms with van der Waals surface area (Å²) in [6.45, 7) is 19.4. The fourth-order valence-corrected chi connectivity index (χ4v) is 13.1. The summed E-state index contributed by atoms with van der Waals surface area (Å²) in [4.78, 5) is 89.1. The van der Waals surface area contributed by atoms with E-state index in [0.717, 1.165) is 49.0 Å². The van der Waals surface area contributed by atoms with Gasteiger partial charge < -0.3 is 29.2 Å². The second-order valence-electron chi connectivity index (χ2n) is 23.4. The van der Waals surface area contributed by atoms with Crippen LogP contribution in [0.15, 0.2) is 30.3 Å². The van der Waals surface area contributed by atoms with Gasteiger partial charge in [-0.2, -0.15) is 0 Å². The first-order valence-electron chi connectivity index (χ1n) is 26.3. The predicted octanol–water partition coefficient (Wildman–Crippen LogP) is 7.43. The number of hydrogen-bond donors (Lipinski definition) is 2. The molecule has 1 heterocycles. The lowest BCUT2D eigenvalue weighted by atomic mass is 9.50. The van der Waals surface area contributed by atoms with Crippen molar-refractivity contribution >= 4 is 35.7 Å². The van der Waals surface area contributed by atoms with Gasteiger partial charge in [0.1, 0.15) is 17.7 Å². The first-order chi connectivity index (χ1) is 32.9. The second-order valence-corrected chi connectivity index (χ2v) is 23.4. The van der Waals surface area contributed by atoms with Crippen molar-refractivity contribution in [3.63, 3.8) is 0 Å². The minimum atomic E-state index is -0.974. The third-order valence-electron chi connectivity index (χ3n) is 16.1. The maximum Gasteiger partial charge on any atom is 0.410 e. The Hall–Kier alpha value is -4.08. The zero-order valence-electron chi connectivity index (χ0n) is 45.1. The van der Waals surface area contributed by atoms with Crippen molar-refractivity contribution in [1.82, 2.24) is 25.3 Å². The van der Waals surface area contributed by atoms with Crippen LogP contribution in [0.5, 0.6) is 0 Å². The average Bonchev–Trinajstić information content (AvgIpc) is 3.76. The van der Waals surface area contributed by atoms with E-state index in [9.17, 15) is 28.8 Å². The number of benzene rings is 1. The fourth-order valence-electron chi connectivity index (χ4n) is 13.1. The van der Waals surface area contributed by atoms with Gasteiger partial charge in [0.2, 0.25) is 23.6 Å². The number of ether oxygens (including phenoxy) is 4. The number of carbonyl (C=O) groups is 6. The largest absolute Gasteiger partial charge is 0.464 e. The summed E-state index contributed by atoms with van der Waals surface area (Å²) in [6, 6.07) is 6.14. The molecule has 5 amide bonds. The molecular weight excluding hydrogens is 891 g/mol. The number of likely N-dealkylation sites (tertiary alicyclic amines) is 1. The van der Waals surface area contributed by atoms with Gasteiger partial charge in [-0.3, -0.25) is 34.3 Å². The minimum absolute atomic E-state index is 0.000445. The first kappa shape index (κ1) is 56.8. The van der Waals surface area contributed by atoms with Crippen LogP contribution in [0.1, 0.15) is 139 Å². The number of likely N-dealkylation sites (N-methyl/N-ethyl adjacent to an activating group) is 2. The molecular formula is C55H89N5O10. The first-order valence-corrected chi connectivity index (χ1v) is 26.3. The van der Waals surface area contributed by atoms with Gasteiger partial charge >= 0.3 is 12.1 Å². The van der Waals surface area contributed by atoms with Gasteiger partial charge in [0.25, 0.3) is 0 Å². The van der Waals surface area contributed by atoms with E-state index in [1.165, 1.54) is 31.2 Å². The number of imide groups is 1. The van der Waals surface area contributed by atoms with Crippen molar-refractivity contribution in [2.24, 2.45) is 46.8 Å². The fraction of sp³-hybridized carbons (Fsp3) is 0.782. The molecule has 394 valence electrons. The Morgan fingerprint density at radius 2 is 1.39 bits per heavy atom. The smallest absolute Gasteiger partial charge is 0.410 e. The third kappa shape index (κ3) is 14.1. The number of nitrogens with one attached hydrogen (secondary N) is 2. The molecule has 70 heavy (non-hydrogen) atoms. The molecule has 2 N–H and O–H groups in total. The van der Waals surface area contributed by atoms with Crippen LogP contribution in [0.3, 0.4) is 0 Å². The highest BCUT2D eigenvalue weighted by molar-refractivity contribution is 6.01. The van der Waals surface area contributed by atoms with Crippen LogP contribution in [0.4, 0.5) is 4.79 Å². The Bertz CT molecular complexity index is 1900. The lowest BCUT2D eigenvalue weighted by Crippen LogP contribution is -2.60. The van der Waals surface area contributed by atoms with Crippen molar-refractivity contribution in [3.8, 4) is 0 Å². The van der Waals surface area contributed by atoms with Crippen LogP contribution in [-0.4, -0.2) is 140 Å². The van der Waals surface area contributed by atoms with E-state index >= 15 is 0 Å². The van der Waals surface area contributed by atoms with Crippen molar-refractivity contribution in [3.05, 3.63) is 35.9 Å². The van der Waals surface area contributed by atoms with Crippen molar-refractivity contribution in [2.75, 3.05) is 41.5 Å². The maximum absolute atomic E-state index is 14.6. The van der Waals surface area contributed by atoms with E-state index < -0.39 is 77.8 Å². The van der Waals surface area contributed by atoms with Crippen molar-refractivity contribution in [2.45, 2.75) is 188 Å². The van der Waals surface area contributed by atoms with E-state index in [2.05, 4.69) is 17.6 Å². The number of methoxy groups -OCH3 is 2. The maximum atomic E-state index is 14.6. The SMILES string of the molecule is CC[C@H](C)[C@@H]([C@@H](CC(=O)N1CCC[C@H]1[C@H](OC)[C@@H](C)C(=O)N[C@@H](Cc1ccccc1)C(=O)OCC12CC3CC(CC(C3)C1)C2)OC)N(C)[C@H](C(=O)NC(=O)[C@H](C(C)C)N(C)C(=O)OC(C)(C)C)C(C)C. The highest BCUT2D eigenvalue weighted by atomic mass is 16.6. The average molecular weight is 980 g/mol. The number of hydrogen-bond acceptors (Lipinski definition) is 11. The van der Waals surface area contributed by atoms with Crippen LogP contribution >= 0.6 is 0 Å². The van der Waals surface area contributed by atoms with Gasteiger partial charge in [-0.05, 0) is 120 Å². The summed E-state index contributed by atoms with van der Waals surface area (Å²) >= 11 is 0. The monoisotopic (exact) mass is 980 g/mol. The second kappa shape index (κ2) is 24.6. The summed E-state index contributed by atoms with van der Waals surface area (Å²) < 4.78 is 24.0. The number of rotatable bonds is 23. The molecule has 0 aromatic heterocycles. The summed E-state index contributed by atoms with van der Waals surface area (Å²) in [5, 5.41) is 5.69. The van der Waals surface area contributed by atoms with E-state index in [1.807, 2.05) is 63.1 Å². The Morgan fingerprint density at radius 1 is 0.814 bits per heavy atom. The lowest BCUT2D eigenvalue weighted by molar-refractivity contribution is -0.159. The summed E-state index contributed by atoms with van der Waals surface area (Å²) in [7, 11) is 6.45. The Labute approximate surface area is 419 Å². The van der Waals surface area contributed by atoms with Gasteiger partial charge in [0.05, 0.1) is 43.2 Å². The summed E-state index contributed by atoms with van der Waals surface area (Å²) in [5.74, 6) is -1.24. The van der Waals surface area contributed by atoms with Crippen molar-refractivity contribution < 1.29 is 47.7 Å². The van der Waals surface area contributed by atoms with Crippen LogP contribution in [0.25, 0.3) is 0 Å².